The molecular weight excluding hydrogens is 458 g/mol. The van der Waals surface area contributed by atoms with Crippen molar-refractivity contribution in [3.8, 4) is 5.69 Å². The molecule has 0 unspecified atom stereocenters. The molecule has 0 bridgehead atoms. The predicted octanol–water partition coefficient (Wildman–Crippen LogP) is 4.52. The van der Waals surface area contributed by atoms with Crippen LogP contribution in [0.1, 0.15) is 43.5 Å². The molecule has 9 heteroatoms. The number of thioether (sulfide) groups is 1. The monoisotopic (exact) mass is 485 g/mol. The predicted molar refractivity (Wildman–Crippen MR) is 127 cm³/mol. The summed E-state index contributed by atoms with van der Waals surface area (Å²) in [5, 5.41) is 8.84. The highest BCUT2D eigenvalue weighted by atomic mass is 32.2. The van der Waals surface area contributed by atoms with E-state index in [4.69, 9.17) is 4.74 Å². The van der Waals surface area contributed by atoms with Crippen LogP contribution in [0.25, 0.3) is 5.69 Å². The number of sulfone groups is 1. The number of aryl methyl sites for hydroxylation is 1. The zero-order valence-corrected chi connectivity index (χ0v) is 20.1. The van der Waals surface area contributed by atoms with Gasteiger partial charge in [-0.25, -0.2) is 8.42 Å². The van der Waals surface area contributed by atoms with Crippen molar-refractivity contribution in [1.82, 2.24) is 14.8 Å². The lowest BCUT2D eigenvalue weighted by Crippen LogP contribution is -2.22. The minimum Gasteiger partial charge on any atom is -0.462 e. The number of hydrogen-bond donors (Lipinski definition) is 0. The van der Waals surface area contributed by atoms with Gasteiger partial charge in [0.05, 0.1) is 10.6 Å². The average molecular weight is 486 g/mol. The van der Waals surface area contributed by atoms with E-state index in [1.165, 1.54) is 18.2 Å². The standard InChI is InChI=1S/C24H27N3O4S2/c1-18-12-14-21(15-13-18)33(29,30)17-22-25-26-24(27(22)19-8-4-2-5-9-19)32-16-23(28)31-20-10-6-3-7-11-20/h2,4-5,8-9,12-15,20H,3,6-7,10-11,16-17H2,1H3. The number of hydrogen-bond acceptors (Lipinski definition) is 7. The van der Waals surface area contributed by atoms with Gasteiger partial charge in [-0.3, -0.25) is 9.36 Å². The lowest BCUT2D eigenvalue weighted by Gasteiger charge is -2.21. The van der Waals surface area contributed by atoms with Gasteiger partial charge in [-0.15, -0.1) is 10.2 Å². The van der Waals surface area contributed by atoms with Crippen molar-refractivity contribution in [3.63, 3.8) is 0 Å². The van der Waals surface area contributed by atoms with E-state index >= 15 is 0 Å². The molecule has 4 rings (SSSR count). The summed E-state index contributed by atoms with van der Waals surface area (Å²) < 4.78 is 33.4. The highest BCUT2D eigenvalue weighted by Crippen LogP contribution is 2.26. The molecule has 1 aliphatic rings. The Kier molecular flexibility index (Phi) is 7.49. The minimum absolute atomic E-state index is 0.00550. The number of rotatable bonds is 8. The number of nitrogens with zero attached hydrogens (tertiary/aromatic N) is 3. The van der Waals surface area contributed by atoms with E-state index in [1.807, 2.05) is 37.3 Å². The van der Waals surface area contributed by atoms with Crippen molar-refractivity contribution in [2.24, 2.45) is 0 Å². The summed E-state index contributed by atoms with van der Waals surface area (Å²) in [5.74, 6) is -0.203. The zero-order chi connectivity index (χ0) is 23.3. The largest absolute Gasteiger partial charge is 0.462 e. The Morgan fingerprint density at radius 1 is 1.03 bits per heavy atom. The van der Waals surface area contributed by atoms with Crippen molar-refractivity contribution in [2.45, 2.75) is 60.9 Å². The number of ether oxygens (including phenoxy) is 1. The van der Waals surface area contributed by atoms with Crippen LogP contribution in [0.3, 0.4) is 0 Å². The Balaban J connectivity index is 1.54. The molecule has 0 amide bonds. The van der Waals surface area contributed by atoms with E-state index in [-0.39, 0.29) is 28.5 Å². The van der Waals surface area contributed by atoms with Crippen LogP contribution < -0.4 is 0 Å². The van der Waals surface area contributed by atoms with Gasteiger partial charge in [0.2, 0.25) is 0 Å². The van der Waals surface area contributed by atoms with Crippen LogP contribution in [0.4, 0.5) is 0 Å². The van der Waals surface area contributed by atoms with E-state index < -0.39 is 9.84 Å². The zero-order valence-electron chi connectivity index (χ0n) is 18.5. The van der Waals surface area contributed by atoms with Crippen LogP contribution in [0.2, 0.25) is 0 Å². The highest BCUT2D eigenvalue weighted by molar-refractivity contribution is 7.99. The Labute approximate surface area is 198 Å². The second kappa shape index (κ2) is 10.5. The summed E-state index contributed by atoms with van der Waals surface area (Å²) in [4.78, 5) is 12.6. The maximum atomic E-state index is 13.0. The molecule has 1 aromatic heterocycles. The van der Waals surface area contributed by atoms with Crippen molar-refractivity contribution in [3.05, 3.63) is 66.0 Å². The first-order valence-electron chi connectivity index (χ1n) is 11.0. The van der Waals surface area contributed by atoms with Crippen molar-refractivity contribution < 1.29 is 17.9 Å². The second-order valence-electron chi connectivity index (χ2n) is 8.18. The smallest absolute Gasteiger partial charge is 0.316 e. The van der Waals surface area contributed by atoms with Crippen LogP contribution in [0, 0.1) is 6.92 Å². The van der Waals surface area contributed by atoms with Gasteiger partial charge >= 0.3 is 5.97 Å². The van der Waals surface area contributed by atoms with Crippen LogP contribution in [-0.2, 0) is 25.1 Å². The minimum atomic E-state index is -3.62. The topological polar surface area (TPSA) is 91.2 Å². The summed E-state index contributed by atoms with van der Waals surface area (Å²) in [5.41, 5.74) is 1.72. The number of para-hydroxylation sites is 1. The van der Waals surface area contributed by atoms with Crippen molar-refractivity contribution in [1.29, 1.82) is 0 Å². The molecular formula is C24H27N3O4S2. The first kappa shape index (κ1) is 23.5. The Hall–Kier alpha value is -2.65. The fourth-order valence-electron chi connectivity index (χ4n) is 3.85. The number of carbonyl (C=O) groups is 1. The van der Waals surface area contributed by atoms with Crippen LogP contribution in [0.5, 0.6) is 0 Å². The van der Waals surface area contributed by atoms with E-state index in [9.17, 15) is 13.2 Å². The second-order valence-corrected chi connectivity index (χ2v) is 11.1. The SMILES string of the molecule is Cc1ccc(S(=O)(=O)Cc2nnc(SCC(=O)OC3CCCCC3)n2-c2ccccc2)cc1. The molecule has 1 aliphatic carbocycles. The molecule has 0 atom stereocenters. The maximum absolute atomic E-state index is 13.0. The summed E-state index contributed by atoms with van der Waals surface area (Å²) in [7, 11) is -3.62. The summed E-state index contributed by atoms with van der Waals surface area (Å²) in [6.07, 6.45) is 5.19. The molecule has 0 aliphatic heterocycles. The normalized spacial score (nSPS) is 14.8. The molecule has 0 radical (unpaired) electrons. The van der Waals surface area contributed by atoms with Crippen molar-refractivity contribution >= 4 is 27.6 Å². The number of carbonyl (C=O) groups excluding carboxylic acids is 1. The van der Waals surface area contributed by atoms with Crippen LogP contribution >= 0.6 is 11.8 Å². The van der Waals surface area contributed by atoms with E-state index in [0.717, 1.165) is 36.9 Å². The summed E-state index contributed by atoms with van der Waals surface area (Å²) >= 11 is 1.20. The first-order chi connectivity index (χ1) is 15.9. The van der Waals surface area contributed by atoms with Gasteiger partial charge in [-0.05, 0) is 56.9 Å². The molecule has 7 nitrogen and oxygen atoms in total. The van der Waals surface area contributed by atoms with Gasteiger partial charge in [-0.2, -0.15) is 0 Å². The van der Waals surface area contributed by atoms with Gasteiger partial charge in [0.1, 0.15) is 11.9 Å². The molecule has 174 valence electrons. The Morgan fingerprint density at radius 3 is 2.42 bits per heavy atom. The average Bonchev–Trinajstić information content (AvgIpc) is 3.21. The maximum Gasteiger partial charge on any atom is 0.316 e. The fraction of sp³-hybridized carbons (Fsp3) is 0.375. The number of aromatic nitrogens is 3. The number of esters is 1. The van der Waals surface area contributed by atoms with E-state index in [2.05, 4.69) is 10.2 Å². The quantitative estimate of drug-likeness (QED) is 0.342. The lowest BCUT2D eigenvalue weighted by molar-refractivity contribution is -0.147. The van der Waals surface area contributed by atoms with E-state index in [0.29, 0.717) is 11.0 Å². The molecule has 0 saturated heterocycles. The summed E-state index contributed by atoms with van der Waals surface area (Å²) in [6, 6.07) is 16.1. The molecule has 0 N–H and O–H groups in total. The van der Waals surface area contributed by atoms with Gasteiger partial charge in [0.25, 0.3) is 0 Å². The first-order valence-corrected chi connectivity index (χ1v) is 13.7. The molecule has 33 heavy (non-hydrogen) atoms. The van der Waals surface area contributed by atoms with Gasteiger partial charge < -0.3 is 4.74 Å². The third-order valence-electron chi connectivity index (χ3n) is 5.58. The molecule has 0 spiro atoms. The van der Waals surface area contributed by atoms with Crippen molar-refractivity contribution in [2.75, 3.05) is 5.75 Å². The molecule has 1 heterocycles. The third kappa shape index (κ3) is 6.03. The fourth-order valence-corrected chi connectivity index (χ4v) is 5.85. The van der Waals surface area contributed by atoms with E-state index in [1.54, 1.807) is 28.8 Å². The van der Waals surface area contributed by atoms with Gasteiger partial charge in [-0.1, -0.05) is 54.1 Å². The molecule has 1 saturated carbocycles. The number of benzene rings is 2. The highest BCUT2D eigenvalue weighted by Gasteiger charge is 2.24. The Morgan fingerprint density at radius 2 is 1.73 bits per heavy atom. The Bertz CT molecular complexity index is 1190. The molecule has 1 fully saturated rings. The summed E-state index contributed by atoms with van der Waals surface area (Å²) in [6.45, 7) is 1.91. The van der Waals surface area contributed by atoms with Crippen LogP contribution in [0.15, 0.2) is 64.6 Å². The molecule has 2 aromatic carbocycles. The van der Waals surface area contributed by atoms with Gasteiger partial charge in [0, 0.05) is 5.69 Å². The third-order valence-corrected chi connectivity index (χ3v) is 8.11. The van der Waals surface area contributed by atoms with Crippen LogP contribution in [-0.4, -0.2) is 41.0 Å². The van der Waals surface area contributed by atoms with Gasteiger partial charge in [0.15, 0.2) is 20.8 Å². The molecule has 3 aromatic rings. The lowest BCUT2D eigenvalue weighted by atomic mass is 9.98.